The highest BCUT2D eigenvalue weighted by Gasteiger charge is 2.30. The Morgan fingerprint density at radius 1 is 1.38 bits per heavy atom. The summed E-state index contributed by atoms with van der Waals surface area (Å²) in [6, 6.07) is 10.6. The zero-order valence-corrected chi connectivity index (χ0v) is 11.6. The van der Waals surface area contributed by atoms with E-state index in [0.717, 1.165) is 41.5 Å². The van der Waals surface area contributed by atoms with E-state index in [2.05, 4.69) is 31.8 Å². The molecule has 5 nitrogen and oxygen atoms in total. The first-order valence-electron chi connectivity index (χ1n) is 7.19. The summed E-state index contributed by atoms with van der Waals surface area (Å²) < 4.78 is 2.08. The van der Waals surface area contributed by atoms with E-state index in [9.17, 15) is 4.79 Å². The van der Waals surface area contributed by atoms with Crippen LogP contribution in [0.2, 0.25) is 0 Å². The number of aromatic amines is 1. The molecule has 0 spiro atoms. The van der Waals surface area contributed by atoms with Crippen molar-refractivity contribution in [3.63, 3.8) is 0 Å². The lowest BCUT2D eigenvalue weighted by molar-refractivity contribution is -0.107. The summed E-state index contributed by atoms with van der Waals surface area (Å²) in [4.78, 5) is 18.6. The summed E-state index contributed by atoms with van der Waals surface area (Å²) in [5.41, 5.74) is 2.96. The smallest absolute Gasteiger partial charge is 0.140 e. The van der Waals surface area contributed by atoms with Crippen LogP contribution < -0.4 is 5.01 Å². The summed E-state index contributed by atoms with van der Waals surface area (Å²) in [7, 11) is 0. The molecule has 0 radical (unpaired) electrons. The predicted molar refractivity (Wildman–Crippen MR) is 81.7 cm³/mol. The molecule has 1 saturated carbocycles. The lowest BCUT2D eigenvalue weighted by Gasteiger charge is -2.25. The Hall–Kier alpha value is -2.56. The van der Waals surface area contributed by atoms with Gasteiger partial charge in [-0.1, -0.05) is 0 Å². The van der Waals surface area contributed by atoms with Crippen molar-refractivity contribution in [1.82, 2.24) is 14.6 Å². The van der Waals surface area contributed by atoms with Gasteiger partial charge in [0.1, 0.15) is 11.9 Å². The van der Waals surface area contributed by atoms with Gasteiger partial charge in [-0.3, -0.25) is 4.68 Å². The molecule has 0 aliphatic heterocycles. The maximum Gasteiger partial charge on any atom is 0.140 e. The minimum absolute atomic E-state index is 0.421. The summed E-state index contributed by atoms with van der Waals surface area (Å²) in [5, 5.41) is 3.22. The topological polar surface area (TPSA) is 53.9 Å². The Kier molecular flexibility index (Phi) is 2.77. The van der Waals surface area contributed by atoms with Crippen LogP contribution in [0.4, 0.5) is 0 Å². The molecule has 1 aliphatic carbocycles. The maximum absolute atomic E-state index is 11.0. The van der Waals surface area contributed by atoms with Crippen molar-refractivity contribution >= 4 is 17.3 Å². The zero-order valence-electron chi connectivity index (χ0n) is 11.6. The Morgan fingerprint density at radius 3 is 3.05 bits per heavy atom. The quantitative estimate of drug-likeness (QED) is 0.730. The van der Waals surface area contributed by atoms with Gasteiger partial charge in [0.15, 0.2) is 0 Å². The van der Waals surface area contributed by atoms with Crippen molar-refractivity contribution in [3.8, 4) is 11.4 Å². The molecular formula is C16H16N4O. The van der Waals surface area contributed by atoms with Crippen molar-refractivity contribution in [1.29, 1.82) is 0 Å². The van der Waals surface area contributed by atoms with Gasteiger partial charge in [-0.05, 0) is 43.2 Å². The molecule has 0 aromatic carbocycles. The van der Waals surface area contributed by atoms with Crippen molar-refractivity contribution in [2.45, 2.75) is 18.9 Å². The van der Waals surface area contributed by atoms with Crippen LogP contribution in [0.3, 0.4) is 0 Å². The van der Waals surface area contributed by atoms with Crippen molar-refractivity contribution in [2.75, 3.05) is 11.6 Å². The number of aromatic nitrogens is 3. The highest BCUT2D eigenvalue weighted by atomic mass is 16.1. The fourth-order valence-corrected chi connectivity index (χ4v) is 2.77. The van der Waals surface area contributed by atoms with Gasteiger partial charge in [0.25, 0.3) is 0 Å². The standard InChI is InChI=1S/C16H16N4O/c21-10-9-19(13-5-6-13)20-8-2-4-15(20)14-11-12-3-1-7-17-16(12)18-14/h1-4,7-8,10-11,13H,5-6,9H2,(H,17,18). The van der Waals surface area contributed by atoms with Crippen molar-refractivity contribution in [3.05, 3.63) is 42.7 Å². The van der Waals surface area contributed by atoms with Gasteiger partial charge < -0.3 is 14.8 Å². The average Bonchev–Trinajstić information content (AvgIpc) is 3.07. The molecule has 0 amide bonds. The molecule has 21 heavy (non-hydrogen) atoms. The fraction of sp³-hybridized carbons (Fsp3) is 0.250. The van der Waals surface area contributed by atoms with Crippen LogP contribution in [0.1, 0.15) is 12.8 Å². The molecule has 1 fully saturated rings. The summed E-state index contributed by atoms with van der Waals surface area (Å²) in [6.07, 6.45) is 7.06. The molecular weight excluding hydrogens is 264 g/mol. The number of nitrogens with zero attached hydrogens (tertiary/aromatic N) is 3. The third kappa shape index (κ3) is 2.11. The van der Waals surface area contributed by atoms with E-state index in [0.29, 0.717) is 12.6 Å². The first-order chi connectivity index (χ1) is 10.4. The van der Waals surface area contributed by atoms with Crippen molar-refractivity contribution in [2.24, 2.45) is 0 Å². The average molecular weight is 280 g/mol. The predicted octanol–water partition coefficient (Wildman–Crippen LogP) is 2.33. The molecule has 0 bridgehead atoms. The van der Waals surface area contributed by atoms with Crippen LogP contribution in [0.5, 0.6) is 0 Å². The van der Waals surface area contributed by atoms with Crippen LogP contribution in [-0.2, 0) is 4.79 Å². The van der Waals surface area contributed by atoms with Gasteiger partial charge in [-0.25, -0.2) is 4.98 Å². The van der Waals surface area contributed by atoms with Gasteiger partial charge in [0, 0.05) is 23.8 Å². The van der Waals surface area contributed by atoms with E-state index in [-0.39, 0.29) is 0 Å². The first-order valence-corrected chi connectivity index (χ1v) is 7.19. The normalized spacial score (nSPS) is 14.5. The third-order valence-corrected chi connectivity index (χ3v) is 3.90. The summed E-state index contributed by atoms with van der Waals surface area (Å²) in [5.74, 6) is 0. The molecule has 0 unspecified atom stereocenters. The Labute approximate surface area is 122 Å². The second kappa shape index (κ2) is 4.77. The molecule has 3 aromatic rings. The van der Waals surface area contributed by atoms with Crippen LogP contribution in [-0.4, -0.2) is 33.5 Å². The Balaban J connectivity index is 1.78. The molecule has 0 saturated heterocycles. The minimum atomic E-state index is 0.421. The van der Waals surface area contributed by atoms with Crippen LogP contribution in [0, 0.1) is 0 Å². The van der Waals surface area contributed by atoms with E-state index in [4.69, 9.17) is 0 Å². The Bertz CT molecular complexity index is 751. The lowest BCUT2D eigenvalue weighted by Crippen LogP contribution is -2.38. The molecule has 3 heterocycles. The summed E-state index contributed by atoms with van der Waals surface area (Å²) >= 11 is 0. The number of H-pyrrole nitrogens is 1. The van der Waals surface area contributed by atoms with Gasteiger partial charge in [0.05, 0.1) is 17.9 Å². The second-order valence-corrected chi connectivity index (χ2v) is 5.38. The lowest BCUT2D eigenvalue weighted by atomic mass is 10.3. The van der Waals surface area contributed by atoms with E-state index in [1.54, 1.807) is 6.20 Å². The second-order valence-electron chi connectivity index (χ2n) is 5.38. The first kappa shape index (κ1) is 12.2. The van der Waals surface area contributed by atoms with Crippen LogP contribution >= 0.6 is 0 Å². The minimum Gasteiger partial charge on any atom is -0.338 e. The number of fused-ring (bicyclic) bond motifs is 1. The monoisotopic (exact) mass is 280 g/mol. The SMILES string of the molecule is O=CCN(C1CC1)n1cccc1-c1cc2cccnc2[nH]1. The molecule has 106 valence electrons. The number of pyridine rings is 1. The molecule has 5 heteroatoms. The number of hydrogen-bond acceptors (Lipinski definition) is 3. The largest absolute Gasteiger partial charge is 0.338 e. The van der Waals surface area contributed by atoms with Gasteiger partial charge in [-0.15, -0.1) is 0 Å². The number of rotatable bonds is 5. The summed E-state index contributed by atoms with van der Waals surface area (Å²) in [6.45, 7) is 0.421. The van der Waals surface area contributed by atoms with Crippen LogP contribution in [0.25, 0.3) is 22.4 Å². The molecule has 0 atom stereocenters. The van der Waals surface area contributed by atoms with Gasteiger partial charge in [0.2, 0.25) is 0 Å². The number of nitrogens with one attached hydrogen (secondary N) is 1. The van der Waals surface area contributed by atoms with E-state index in [1.807, 2.05) is 24.4 Å². The number of carbonyl (C=O) groups is 1. The fourth-order valence-electron chi connectivity index (χ4n) is 2.77. The van der Waals surface area contributed by atoms with Crippen molar-refractivity contribution < 1.29 is 4.79 Å². The highest BCUT2D eigenvalue weighted by molar-refractivity contribution is 5.82. The third-order valence-electron chi connectivity index (χ3n) is 3.90. The molecule has 1 N–H and O–H groups in total. The van der Waals surface area contributed by atoms with E-state index < -0.39 is 0 Å². The van der Waals surface area contributed by atoms with Gasteiger partial charge in [-0.2, -0.15) is 0 Å². The number of carbonyl (C=O) groups excluding carboxylic acids is 1. The molecule has 4 rings (SSSR count). The van der Waals surface area contributed by atoms with Gasteiger partial charge >= 0.3 is 0 Å². The number of aldehydes is 1. The zero-order chi connectivity index (χ0) is 14.2. The van der Waals surface area contributed by atoms with E-state index >= 15 is 0 Å². The maximum atomic E-state index is 11.0. The Morgan fingerprint density at radius 2 is 2.29 bits per heavy atom. The molecule has 3 aromatic heterocycles. The van der Waals surface area contributed by atoms with E-state index in [1.165, 1.54) is 0 Å². The number of hydrogen-bond donors (Lipinski definition) is 1. The van der Waals surface area contributed by atoms with Crippen LogP contribution in [0.15, 0.2) is 42.7 Å². The highest BCUT2D eigenvalue weighted by Crippen LogP contribution is 2.29. The molecule has 1 aliphatic rings.